The minimum atomic E-state index is 0. The Morgan fingerprint density at radius 2 is 0.920 bits per heavy atom. The van der Waals surface area contributed by atoms with Gasteiger partial charge in [-0.1, -0.05) is 36.4 Å². The average molecular weight is 380 g/mol. The summed E-state index contributed by atoms with van der Waals surface area (Å²) in [6.45, 7) is 0. The SMILES string of the molecule is Oc1ccccc1C=Nc1ccccc1N=Cc1ccccc1O.[Cu]. The van der Waals surface area contributed by atoms with E-state index in [1.54, 1.807) is 48.8 Å². The van der Waals surface area contributed by atoms with E-state index in [0.29, 0.717) is 22.5 Å². The van der Waals surface area contributed by atoms with Crippen molar-refractivity contribution in [2.24, 2.45) is 9.98 Å². The van der Waals surface area contributed by atoms with E-state index in [-0.39, 0.29) is 28.6 Å². The predicted octanol–water partition coefficient (Wildman–Crippen LogP) is 4.60. The van der Waals surface area contributed by atoms with Gasteiger partial charge in [0.2, 0.25) is 0 Å². The van der Waals surface area contributed by atoms with Crippen LogP contribution in [-0.4, -0.2) is 22.6 Å². The van der Waals surface area contributed by atoms with E-state index in [4.69, 9.17) is 0 Å². The molecule has 0 fully saturated rings. The van der Waals surface area contributed by atoms with Gasteiger partial charge in [0, 0.05) is 40.6 Å². The third-order valence-electron chi connectivity index (χ3n) is 3.44. The second kappa shape index (κ2) is 8.83. The molecule has 0 aliphatic heterocycles. The van der Waals surface area contributed by atoms with Gasteiger partial charge in [0.1, 0.15) is 11.5 Å². The molecule has 3 aromatic rings. The number of rotatable bonds is 4. The van der Waals surface area contributed by atoms with Crippen LogP contribution in [0.1, 0.15) is 11.1 Å². The van der Waals surface area contributed by atoms with Crippen LogP contribution < -0.4 is 0 Å². The zero-order chi connectivity index (χ0) is 16.8. The normalized spacial score (nSPS) is 10.9. The van der Waals surface area contributed by atoms with Gasteiger partial charge in [-0.25, -0.2) is 0 Å². The van der Waals surface area contributed by atoms with Crippen molar-refractivity contribution in [1.82, 2.24) is 0 Å². The number of aliphatic imine (C=N–C) groups is 2. The van der Waals surface area contributed by atoms with Crippen molar-refractivity contribution in [3.05, 3.63) is 83.9 Å². The predicted molar refractivity (Wildman–Crippen MR) is 97.2 cm³/mol. The summed E-state index contributed by atoms with van der Waals surface area (Å²) in [5, 5.41) is 19.6. The zero-order valence-corrected chi connectivity index (χ0v) is 14.1. The monoisotopic (exact) mass is 379 g/mol. The zero-order valence-electron chi connectivity index (χ0n) is 13.2. The summed E-state index contributed by atoms with van der Waals surface area (Å²) in [6.07, 6.45) is 3.20. The first kappa shape index (κ1) is 18.5. The topological polar surface area (TPSA) is 65.2 Å². The van der Waals surface area contributed by atoms with Gasteiger partial charge < -0.3 is 10.2 Å². The summed E-state index contributed by atoms with van der Waals surface area (Å²) in [4.78, 5) is 8.82. The second-order valence-electron chi connectivity index (χ2n) is 5.12. The average Bonchev–Trinajstić information content (AvgIpc) is 2.61. The van der Waals surface area contributed by atoms with E-state index in [1.807, 2.05) is 36.4 Å². The Hall–Kier alpha value is -2.88. The number of para-hydroxylation sites is 4. The molecule has 3 rings (SSSR count). The number of hydrogen-bond acceptors (Lipinski definition) is 4. The van der Waals surface area contributed by atoms with Gasteiger partial charge >= 0.3 is 0 Å². The molecular weight excluding hydrogens is 364 g/mol. The molecule has 0 spiro atoms. The Kier molecular flexibility index (Phi) is 6.52. The molecule has 0 heterocycles. The summed E-state index contributed by atoms with van der Waals surface area (Å²) in [6, 6.07) is 21.4. The van der Waals surface area contributed by atoms with Crippen LogP contribution in [0.5, 0.6) is 11.5 Å². The van der Waals surface area contributed by atoms with Gasteiger partial charge in [0.05, 0.1) is 11.4 Å². The molecule has 0 atom stereocenters. The van der Waals surface area contributed by atoms with Crippen LogP contribution in [0, 0.1) is 0 Å². The Balaban J connectivity index is 0.00000225. The molecule has 2 N–H and O–H groups in total. The molecule has 1 radical (unpaired) electrons. The molecular formula is C20H16CuN2O2. The van der Waals surface area contributed by atoms with Crippen molar-refractivity contribution in [1.29, 1.82) is 0 Å². The van der Waals surface area contributed by atoms with E-state index < -0.39 is 0 Å². The minimum Gasteiger partial charge on any atom is -0.507 e. The third-order valence-corrected chi connectivity index (χ3v) is 3.44. The molecule has 0 aliphatic carbocycles. The van der Waals surface area contributed by atoms with Gasteiger partial charge in [-0.3, -0.25) is 9.98 Å². The molecule has 0 amide bonds. The molecule has 0 saturated heterocycles. The van der Waals surface area contributed by atoms with Crippen LogP contribution in [0.3, 0.4) is 0 Å². The van der Waals surface area contributed by atoms with E-state index in [1.165, 1.54) is 0 Å². The Bertz CT molecular complexity index is 833. The number of hydrogen-bond donors (Lipinski definition) is 2. The fourth-order valence-electron chi connectivity index (χ4n) is 2.15. The first-order chi connectivity index (χ1) is 11.7. The maximum Gasteiger partial charge on any atom is 0.124 e. The van der Waals surface area contributed by atoms with E-state index in [0.717, 1.165) is 0 Å². The summed E-state index contributed by atoms with van der Waals surface area (Å²) >= 11 is 0. The number of nitrogens with zero attached hydrogens (tertiary/aromatic N) is 2. The third kappa shape index (κ3) is 4.80. The number of benzene rings is 3. The molecule has 0 saturated carbocycles. The maximum absolute atomic E-state index is 9.79. The summed E-state index contributed by atoms with van der Waals surface area (Å²) < 4.78 is 0. The van der Waals surface area contributed by atoms with Crippen LogP contribution in [0.4, 0.5) is 11.4 Å². The molecule has 3 aromatic carbocycles. The molecule has 0 bridgehead atoms. The van der Waals surface area contributed by atoms with Crippen LogP contribution in [0.25, 0.3) is 0 Å². The van der Waals surface area contributed by atoms with Crippen LogP contribution in [0.15, 0.2) is 82.8 Å². The standard InChI is InChI=1S/C20H16N2O2.Cu/c23-19-11-5-1-7-15(19)13-21-17-9-3-4-10-18(17)22-14-16-8-2-6-12-20(16)24;/h1-14,23-24H;. The molecule has 25 heavy (non-hydrogen) atoms. The van der Waals surface area contributed by atoms with Crippen molar-refractivity contribution in [2.45, 2.75) is 0 Å². The molecule has 4 nitrogen and oxygen atoms in total. The van der Waals surface area contributed by atoms with E-state index in [2.05, 4.69) is 9.98 Å². The Morgan fingerprint density at radius 1 is 0.560 bits per heavy atom. The molecule has 129 valence electrons. The largest absolute Gasteiger partial charge is 0.507 e. The molecule has 0 aromatic heterocycles. The number of phenolic OH excluding ortho intramolecular Hbond substituents is 2. The fourth-order valence-corrected chi connectivity index (χ4v) is 2.15. The van der Waals surface area contributed by atoms with Crippen LogP contribution in [-0.2, 0) is 17.1 Å². The van der Waals surface area contributed by atoms with Gasteiger partial charge in [-0.05, 0) is 36.4 Å². The van der Waals surface area contributed by atoms with Crippen LogP contribution in [0.2, 0.25) is 0 Å². The summed E-state index contributed by atoms with van der Waals surface area (Å²) in [5.41, 5.74) is 2.62. The Morgan fingerprint density at radius 3 is 1.32 bits per heavy atom. The van der Waals surface area contributed by atoms with Crippen molar-refractivity contribution >= 4 is 23.8 Å². The number of aromatic hydroxyl groups is 2. The van der Waals surface area contributed by atoms with Gasteiger partial charge in [-0.15, -0.1) is 0 Å². The van der Waals surface area contributed by atoms with Crippen LogP contribution >= 0.6 is 0 Å². The molecule has 5 heteroatoms. The first-order valence-electron chi connectivity index (χ1n) is 7.47. The Labute approximate surface area is 156 Å². The van der Waals surface area contributed by atoms with Crippen molar-refractivity contribution in [2.75, 3.05) is 0 Å². The first-order valence-corrected chi connectivity index (χ1v) is 7.47. The maximum atomic E-state index is 9.79. The summed E-state index contributed by atoms with van der Waals surface area (Å²) in [5.74, 6) is 0.355. The van der Waals surface area contributed by atoms with Gasteiger partial charge in [0.15, 0.2) is 0 Å². The van der Waals surface area contributed by atoms with Crippen molar-refractivity contribution < 1.29 is 27.3 Å². The minimum absolute atomic E-state index is 0. The van der Waals surface area contributed by atoms with E-state index >= 15 is 0 Å². The quantitative estimate of drug-likeness (QED) is 0.514. The van der Waals surface area contributed by atoms with Gasteiger partial charge in [-0.2, -0.15) is 0 Å². The summed E-state index contributed by atoms with van der Waals surface area (Å²) in [7, 11) is 0. The van der Waals surface area contributed by atoms with Gasteiger partial charge in [0.25, 0.3) is 0 Å². The van der Waals surface area contributed by atoms with E-state index in [9.17, 15) is 10.2 Å². The van der Waals surface area contributed by atoms with Crippen molar-refractivity contribution in [3.63, 3.8) is 0 Å². The van der Waals surface area contributed by atoms with Crippen molar-refractivity contribution in [3.8, 4) is 11.5 Å². The number of phenols is 2. The smallest absolute Gasteiger partial charge is 0.124 e. The fraction of sp³-hybridized carbons (Fsp3) is 0. The molecule has 0 unspecified atom stereocenters. The molecule has 0 aliphatic rings. The second-order valence-corrected chi connectivity index (χ2v) is 5.12.